The molecule has 2 amide bonds. The summed E-state index contributed by atoms with van der Waals surface area (Å²) >= 11 is 0. The first-order valence-electron chi connectivity index (χ1n) is 8.28. The lowest BCUT2D eigenvalue weighted by Gasteiger charge is -2.33. The highest BCUT2D eigenvalue weighted by molar-refractivity contribution is 6.24. The minimum atomic E-state index is -0.290. The topological polar surface area (TPSA) is 49.9 Å². The van der Waals surface area contributed by atoms with Crippen molar-refractivity contribution in [1.82, 2.24) is 4.90 Å². The molecule has 2 aliphatic heterocycles. The van der Waals surface area contributed by atoms with Gasteiger partial charge in [0.25, 0.3) is 11.8 Å². The summed E-state index contributed by atoms with van der Waals surface area (Å²) in [5, 5.41) is 0. The van der Waals surface area contributed by atoms with Crippen LogP contribution in [0.25, 0.3) is 0 Å². The normalized spacial score (nSPS) is 14.7. The van der Waals surface area contributed by atoms with E-state index in [1.165, 1.54) is 7.05 Å². The fourth-order valence-corrected chi connectivity index (χ4v) is 3.53. The van der Waals surface area contributed by atoms with Crippen LogP contribution in [0.1, 0.15) is 20.7 Å². The molecule has 3 aromatic rings. The average Bonchev–Trinajstić information content (AvgIpc) is 2.90. The van der Waals surface area contributed by atoms with Crippen molar-refractivity contribution in [2.45, 2.75) is 0 Å². The van der Waals surface area contributed by atoms with E-state index in [4.69, 9.17) is 4.74 Å². The van der Waals surface area contributed by atoms with Crippen LogP contribution < -0.4 is 9.64 Å². The molecule has 0 saturated heterocycles. The van der Waals surface area contributed by atoms with Gasteiger partial charge in [0.2, 0.25) is 0 Å². The maximum absolute atomic E-state index is 12.7. The molecule has 5 nitrogen and oxygen atoms in total. The Morgan fingerprint density at radius 3 is 1.92 bits per heavy atom. The van der Waals surface area contributed by atoms with Crippen molar-refractivity contribution in [2.24, 2.45) is 0 Å². The third-order valence-corrected chi connectivity index (χ3v) is 4.77. The van der Waals surface area contributed by atoms with Gasteiger partial charge < -0.3 is 9.64 Å². The van der Waals surface area contributed by atoms with E-state index in [2.05, 4.69) is 0 Å². The van der Waals surface area contributed by atoms with Gasteiger partial charge in [-0.15, -0.1) is 0 Å². The molecule has 0 aliphatic carbocycles. The molecule has 0 spiro atoms. The lowest BCUT2D eigenvalue weighted by atomic mass is 10.0. The summed E-state index contributed by atoms with van der Waals surface area (Å²) < 4.78 is 6.01. The highest BCUT2D eigenvalue weighted by atomic mass is 16.5. The van der Waals surface area contributed by atoms with Gasteiger partial charge in [0, 0.05) is 7.05 Å². The molecule has 0 bridgehead atoms. The molecule has 5 rings (SSSR count). The summed E-state index contributed by atoms with van der Waals surface area (Å²) in [6, 6.07) is 20.7. The number of carbonyl (C=O) groups excluding carboxylic acids is 2. The summed E-state index contributed by atoms with van der Waals surface area (Å²) in [4.78, 5) is 28.3. The minimum absolute atomic E-state index is 0.276. The number of hydrogen-bond donors (Lipinski definition) is 0. The van der Waals surface area contributed by atoms with Crippen LogP contribution in [0, 0.1) is 0 Å². The second kappa shape index (κ2) is 5.20. The number of ether oxygens (including phenoxy) is 1. The molecule has 2 aliphatic rings. The number of rotatable bonds is 1. The zero-order chi connectivity index (χ0) is 17.8. The van der Waals surface area contributed by atoms with Crippen LogP contribution >= 0.6 is 0 Å². The standard InChI is InChI=1S/C21H14N2O3/c1-22-20(24)13-7-6-10-16(19(13)21(22)25)23-14-8-2-4-11-17(14)26-18-12-5-3-9-15(18)23/h2-12H,1H3. The van der Waals surface area contributed by atoms with Crippen molar-refractivity contribution in [1.29, 1.82) is 0 Å². The number of nitrogens with zero attached hydrogens (tertiary/aromatic N) is 2. The third-order valence-electron chi connectivity index (χ3n) is 4.77. The van der Waals surface area contributed by atoms with E-state index in [0.29, 0.717) is 28.3 Å². The predicted octanol–water partition coefficient (Wildman–Crippen LogP) is 4.49. The molecule has 0 N–H and O–H groups in total. The van der Waals surface area contributed by atoms with Gasteiger partial charge in [-0.3, -0.25) is 14.5 Å². The predicted molar refractivity (Wildman–Crippen MR) is 97.6 cm³/mol. The first-order valence-corrected chi connectivity index (χ1v) is 8.28. The Bertz CT molecular complexity index is 1040. The zero-order valence-corrected chi connectivity index (χ0v) is 14.0. The number of imide groups is 1. The summed E-state index contributed by atoms with van der Waals surface area (Å²) in [6.07, 6.45) is 0. The van der Waals surface area contributed by atoms with Crippen LogP contribution in [0.5, 0.6) is 11.5 Å². The highest BCUT2D eigenvalue weighted by Crippen LogP contribution is 2.51. The number of anilines is 3. The average molecular weight is 342 g/mol. The number of fused-ring (bicyclic) bond motifs is 3. The summed E-state index contributed by atoms with van der Waals surface area (Å²) in [5.74, 6) is 0.839. The molecule has 126 valence electrons. The Morgan fingerprint density at radius 1 is 0.692 bits per heavy atom. The van der Waals surface area contributed by atoms with Gasteiger partial charge in [0.15, 0.2) is 11.5 Å². The maximum Gasteiger partial charge on any atom is 0.263 e. The molecule has 0 radical (unpaired) electrons. The SMILES string of the molecule is CN1C(=O)c2cccc(N3c4ccccc4Oc4ccccc43)c2C1=O. The van der Waals surface area contributed by atoms with Crippen LogP contribution in [-0.2, 0) is 0 Å². The van der Waals surface area contributed by atoms with Gasteiger partial charge in [0.1, 0.15) is 0 Å². The van der Waals surface area contributed by atoms with E-state index in [0.717, 1.165) is 16.3 Å². The molecule has 0 unspecified atom stereocenters. The Kier molecular flexibility index (Phi) is 2.94. The first kappa shape index (κ1) is 14.7. The largest absolute Gasteiger partial charge is 0.453 e. The fraction of sp³-hybridized carbons (Fsp3) is 0.0476. The first-order chi connectivity index (χ1) is 12.7. The molecule has 3 aromatic carbocycles. The van der Waals surface area contributed by atoms with Crippen molar-refractivity contribution < 1.29 is 14.3 Å². The molecule has 0 aromatic heterocycles. The molecular formula is C21H14N2O3. The summed E-state index contributed by atoms with van der Waals surface area (Å²) in [6.45, 7) is 0. The van der Waals surface area contributed by atoms with E-state index < -0.39 is 0 Å². The fourth-order valence-electron chi connectivity index (χ4n) is 3.53. The van der Waals surface area contributed by atoms with Crippen LogP contribution in [0.3, 0.4) is 0 Å². The second-order valence-electron chi connectivity index (χ2n) is 6.24. The number of benzene rings is 3. The Balaban J connectivity index is 1.82. The molecule has 2 heterocycles. The van der Waals surface area contributed by atoms with Crippen LogP contribution in [0.4, 0.5) is 17.1 Å². The molecule has 0 atom stereocenters. The molecular weight excluding hydrogens is 328 g/mol. The highest BCUT2D eigenvalue weighted by Gasteiger charge is 2.38. The number of amides is 2. The Morgan fingerprint density at radius 2 is 1.27 bits per heavy atom. The van der Waals surface area contributed by atoms with E-state index in [9.17, 15) is 9.59 Å². The maximum atomic E-state index is 12.7. The van der Waals surface area contributed by atoms with E-state index in [1.807, 2.05) is 59.5 Å². The van der Waals surface area contributed by atoms with Gasteiger partial charge >= 0.3 is 0 Å². The van der Waals surface area contributed by atoms with Crippen LogP contribution in [0.15, 0.2) is 66.7 Å². The second-order valence-corrected chi connectivity index (χ2v) is 6.24. The number of carbonyl (C=O) groups is 2. The number of para-hydroxylation sites is 4. The van der Waals surface area contributed by atoms with Gasteiger partial charge in [-0.05, 0) is 36.4 Å². The van der Waals surface area contributed by atoms with Crippen LogP contribution in [0.2, 0.25) is 0 Å². The van der Waals surface area contributed by atoms with Gasteiger partial charge in [-0.25, -0.2) is 0 Å². The van der Waals surface area contributed by atoms with Crippen molar-refractivity contribution in [2.75, 3.05) is 11.9 Å². The van der Waals surface area contributed by atoms with Crippen molar-refractivity contribution in [3.05, 3.63) is 77.9 Å². The van der Waals surface area contributed by atoms with E-state index >= 15 is 0 Å². The minimum Gasteiger partial charge on any atom is -0.453 e. The van der Waals surface area contributed by atoms with Crippen molar-refractivity contribution in [3.63, 3.8) is 0 Å². The lowest BCUT2D eigenvalue weighted by Crippen LogP contribution is -2.25. The van der Waals surface area contributed by atoms with Crippen molar-refractivity contribution >= 4 is 28.9 Å². The zero-order valence-electron chi connectivity index (χ0n) is 14.0. The smallest absolute Gasteiger partial charge is 0.263 e. The quantitative estimate of drug-likeness (QED) is 0.478. The molecule has 5 heteroatoms. The van der Waals surface area contributed by atoms with Gasteiger partial charge in [-0.2, -0.15) is 0 Å². The monoisotopic (exact) mass is 342 g/mol. The summed E-state index contributed by atoms with van der Waals surface area (Å²) in [7, 11) is 1.51. The lowest BCUT2D eigenvalue weighted by molar-refractivity contribution is 0.0693. The summed E-state index contributed by atoms with van der Waals surface area (Å²) in [5.41, 5.74) is 3.18. The molecule has 0 fully saturated rings. The van der Waals surface area contributed by atoms with E-state index in [1.54, 1.807) is 12.1 Å². The number of hydrogen-bond acceptors (Lipinski definition) is 4. The van der Waals surface area contributed by atoms with Crippen LogP contribution in [-0.4, -0.2) is 23.8 Å². The third kappa shape index (κ3) is 1.85. The van der Waals surface area contributed by atoms with Crippen molar-refractivity contribution in [3.8, 4) is 11.5 Å². The Hall–Kier alpha value is -3.60. The van der Waals surface area contributed by atoms with E-state index in [-0.39, 0.29) is 11.8 Å². The van der Waals surface area contributed by atoms with Gasteiger partial charge in [0.05, 0.1) is 28.2 Å². The Labute approximate surface area is 150 Å². The van der Waals surface area contributed by atoms with Gasteiger partial charge in [-0.1, -0.05) is 30.3 Å². The molecule has 0 saturated carbocycles. The molecule has 26 heavy (non-hydrogen) atoms.